The van der Waals surface area contributed by atoms with E-state index in [0.29, 0.717) is 5.76 Å². The Balaban J connectivity index is 1.92. The van der Waals surface area contributed by atoms with Crippen molar-refractivity contribution in [2.45, 2.75) is 33.5 Å². The molecule has 24 heavy (non-hydrogen) atoms. The van der Waals surface area contributed by atoms with Gasteiger partial charge in [0.25, 0.3) is 0 Å². The van der Waals surface area contributed by atoms with Crippen LogP contribution in [-0.2, 0) is 4.74 Å². The maximum Gasteiger partial charge on any atom is 0.200 e. The number of aliphatic hydroxyl groups excluding tert-OH is 2. The number of allylic oxidation sites excluding steroid dienone is 4. The Morgan fingerprint density at radius 2 is 2.00 bits per heavy atom. The van der Waals surface area contributed by atoms with Crippen LogP contribution in [0.1, 0.15) is 31.4 Å². The van der Waals surface area contributed by atoms with Crippen molar-refractivity contribution in [2.75, 3.05) is 6.61 Å². The smallest absolute Gasteiger partial charge is 0.200 e. The van der Waals surface area contributed by atoms with Gasteiger partial charge in [-0.05, 0) is 55.4 Å². The number of rotatable bonds is 7. The summed E-state index contributed by atoms with van der Waals surface area (Å²) < 4.78 is 5.68. The van der Waals surface area contributed by atoms with E-state index in [1.165, 1.54) is 5.56 Å². The normalized spacial score (nSPS) is 25.4. The van der Waals surface area contributed by atoms with Gasteiger partial charge in [-0.15, -0.1) is 0 Å². The molecule has 0 spiro atoms. The van der Waals surface area contributed by atoms with E-state index in [1.807, 2.05) is 44.2 Å². The standard InChI is InChI=1S/C21H28O3/c1-5-19(24-21(23)20-12-18(13-22)16(20)4)11-8-15(3)17-9-6-14(2)7-10-17/h5-11,16,18,20-23H,3,12-13H2,1-2,4H3/b11-8-,19-5+. The van der Waals surface area contributed by atoms with Crippen LogP contribution in [0.5, 0.6) is 0 Å². The first-order valence-electron chi connectivity index (χ1n) is 8.52. The molecule has 1 fully saturated rings. The van der Waals surface area contributed by atoms with Gasteiger partial charge < -0.3 is 14.9 Å². The zero-order valence-electron chi connectivity index (χ0n) is 14.8. The van der Waals surface area contributed by atoms with E-state index in [0.717, 1.165) is 17.6 Å². The van der Waals surface area contributed by atoms with Gasteiger partial charge in [-0.25, -0.2) is 0 Å². The molecule has 1 aliphatic rings. The molecule has 0 heterocycles. The lowest BCUT2D eigenvalue weighted by Gasteiger charge is -2.43. The molecule has 3 nitrogen and oxygen atoms in total. The van der Waals surface area contributed by atoms with E-state index in [2.05, 4.69) is 25.6 Å². The van der Waals surface area contributed by atoms with Gasteiger partial charge in [0.2, 0.25) is 0 Å². The molecule has 1 aliphatic carbocycles. The van der Waals surface area contributed by atoms with Crippen molar-refractivity contribution < 1.29 is 14.9 Å². The molecule has 2 rings (SSSR count). The minimum Gasteiger partial charge on any atom is -0.465 e. The van der Waals surface area contributed by atoms with Crippen molar-refractivity contribution in [2.24, 2.45) is 17.8 Å². The average molecular weight is 328 g/mol. The molecule has 0 bridgehead atoms. The van der Waals surface area contributed by atoms with E-state index in [9.17, 15) is 10.2 Å². The maximum atomic E-state index is 10.3. The summed E-state index contributed by atoms with van der Waals surface area (Å²) in [6.07, 6.45) is 5.52. The number of hydrogen-bond donors (Lipinski definition) is 2. The minimum absolute atomic E-state index is 0.0748. The van der Waals surface area contributed by atoms with Crippen LogP contribution in [0.15, 0.2) is 54.8 Å². The SMILES string of the molecule is C=C(/C=C\C(=C/C)OC(O)C1CC(CO)C1C)c1ccc(C)cc1. The van der Waals surface area contributed by atoms with Crippen LogP contribution in [0.2, 0.25) is 0 Å². The van der Waals surface area contributed by atoms with Crippen LogP contribution >= 0.6 is 0 Å². The highest BCUT2D eigenvalue weighted by atomic mass is 16.6. The van der Waals surface area contributed by atoms with E-state index in [4.69, 9.17) is 4.74 Å². The molecule has 1 aromatic rings. The largest absolute Gasteiger partial charge is 0.465 e. The van der Waals surface area contributed by atoms with E-state index >= 15 is 0 Å². The summed E-state index contributed by atoms with van der Waals surface area (Å²) in [5.74, 6) is 1.25. The minimum atomic E-state index is -0.841. The number of aryl methyl sites for hydroxylation is 1. The zero-order chi connectivity index (χ0) is 17.7. The highest BCUT2D eigenvalue weighted by Crippen LogP contribution is 2.42. The lowest BCUT2D eigenvalue weighted by molar-refractivity contribution is -0.162. The van der Waals surface area contributed by atoms with Crippen LogP contribution < -0.4 is 0 Å². The molecular formula is C21H28O3. The van der Waals surface area contributed by atoms with Crippen LogP contribution in [0, 0.1) is 24.7 Å². The van der Waals surface area contributed by atoms with Gasteiger partial charge in [-0.2, -0.15) is 0 Å². The summed E-state index contributed by atoms with van der Waals surface area (Å²) in [6.45, 7) is 10.2. The van der Waals surface area contributed by atoms with Crippen LogP contribution in [-0.4, -0.2) is 23.1 Å². The monoisotopic (exact) mass is 328 g/mol. The van der Waals surface area contributed by atoms with Gasteiger partial charge in [-0.1, -0.05) is 49.4 Å². The second-order valence-electron chi connectivity index (χ2n) is 6.63. The third-order valence-electron chi connectivity index (χ3n) is 5.01. The third kappa shape index (κ3) is 4.37. The highest BCUT2D eigenvalue weighted by Gasteiger charge is 2.42. The Morgan fingerprint density at radius 1 is 1.33 bits per heavy atom. The molecule has 4 unspecified atom stereocenters. The van der Waals surface area contributed by atoms with Crippen molar-refractivity contribution in [3.8, 4) is 0 Å². The molecule has 2 N–H and O–H groups in total. The summed E-state index contributed by atoms with van der Waals surface area (Å²) in [7, 11) is 0. The maximum absolute atomic E-state index is 10.3. The summed E-state index contributed by atoms with van der Waals surface area (Å²) >= 11 is 0. The van der Waals surface area contributed by atoms with E-state index in [-0.39, 0.29) is 24.4 Å². The Bertz CT molecular complexity index is 612. The fourth-order valence-electron chi connectivity index (χ4n) is 3.03. The molecule has 3 heteroatoms. The molecule has 1 aromatic carbocycles. The summed E-state index contributed by atoms with van der Waals surface area (Å²) in [4.78, 5) is 0. The van der Waals surface area contributed by atoms with Gasteiger partial charge in [-0.3, -0.25) is 0 Å². The first-order chi connectivity index (χ1) is 11.5. The fraction of sp³-hybridized carbons (Fsp3) is 0.429. The zero-order valence-corrected chi connectivity index (χ0v) is 14.8. The van der Waals surface area contributed by atoms with E-state index in [1.54, 1.807) is 0 Å². The Labute approximate surface area is 145 Å². The predicted molar refractivity (Wildman–Crippen MR) is 98.0 cm³/mol. The molecule has 0 saturated heterocycles. The third-order valence-corrected chi connectivity index (χ3v) is 5.01. The fourth-order valence-corrected chi connectivity index (χ4v) is 3.03. The second kappa shape index (κ2) is 8.32. The van der Waals surface area contributed by atoms with Gasteiger partial charge in [0, 0.05) is 12.5 Å². The first-order valence-corrected chi connectivity index (χ1v) is 8.52. The van der Waals surface area contributed by atoms with Crippen molar-refractivity contribution >= 4 is 5.57 Å². The number of hydrogen-bond acceptors (Lipinski definition) is 3. The molecule has 4 atom stereocenters. The lowest BCUT2D eigenvalue weighted by Crippen LogP contribution is -2.44. The number of ether oxygens (including phenoxy) is 1. The van der Waals surface area contributed by atoms with Crippen molar-refractivity contribution in [3.63, 3.8) is 0 Å². The average Bonchev–Trinajstić information content (AvgIpc) is 2.57. The van der Waals surface area contributed by atoms with Crippen molar-refractivity contribution in [1.29, 1.82) is 0 Å². The number of benzene rings is 1. The van der Waals surface area contributed by atoms with Gasteiger partial charge in [0.05, 0.1) is 0 Å². The van der Waals surface area contributed by atoms with Crippen molar-refractivity contribution in [3.05, 3.63) is 66.0 Å². The molecule has 130 valence electrons. The molecule has 0 aliphatic heterocycles. The van der Waals surface area contributed by atoms with E-state index < -0.39 is 6.29 Å². The van der Waals surface area contributed by atoms with Crippen LogP contribution in [0.4, 0.5) is 0 Å². The molecule has 0 radical (unpaired) electrons. The van der Waals surface area contributed by atoms with Gasteiger partial charge in [0.1, 0.15) is 5.76 Å². The topological polar surface area (TPSA) is 49.7 Å². The Morgan fingerprint density at radius 3 is 2.54 bits per heavy atom. The highest BCUT2D eigenvalue weighted by molar-refractivity contribution is 5.72. The van der Waals surface area contributed by atoms with Crippen molar-refractivity contribution in [1.82, 2.24) is 0 Å². The summed E-state index contributed by atoms with van der Waals surface area (Å²) in [5, 5.41) is 19.5. The quantitative estimate of drug-likeness (QED) is 0.451. The summed E-state index contributed by atoms with van der Waals surface area (Å²) in [6, 6.07) is 8.19. The lowest BCUT2D eigenvalue weighted by atomic mass is 9.66. The number of aliphatic hydroxyl groups is 2. The molecule has 0 aromatic heterocycles. The summed E-state index contributed by atoms with van der Waals surface area (Å²) in [5.41, 5.74) is 3.17. The Hall–Kier alpha value is -1.84. The van der Waals surface area contributed by atoms with Gasteiger partial charge >= 0.3 is 0 Å². The first kappa shape index (κ1) is 18.5. The molecular weight excluding hydrogens is 300 g/mol. The molecule has 1 saturated carbocycles. The van der Waals surface area contributed by atoms with Crippen LogP contribution in [0.25, 0.3) is 5.57 Å². The second-order valence-corrected chi connectivity index (χ2v) is 6.63. The Kier molecular flexibility index (Phi) is 6.41. The van der Waals surface area contributed by atoms with Crippen LogP contribution in [0.3, 0.4) is 0 Å². The van der Waals surface area contributed by atoms with Gasteiger partial charge in [0.15, 0.2) is 6.29 Å². The predicted octanol–water partition coefficient (Wildman–Crippen LogP) is 4.07. The molecule has 0 amide bonds.